The number of benzene rings is 2. The van der Waals surface area contributed by atoms with Crippen LogP contribution in [0.5, 0.6) is 0 Å². The van der Waals surface area contributed by atoms with E-state index in [-0.39, 0.29) is 5.56 Å². The van der Waals surface area contributed by atoms with Crippen LogP contribution in [0.15, 0.2) is 36.4 Å². The van der Waals surface area contributed by atoms with Crippen LogP contribution in [0, 0.1) is 31.0 Å². The van der Waals surface area contributed by atoms with Crippen LogP contribution in [0.4, 0.5) is 10.1 Å². The number of ketones is 1. The molecule has 110 valence electrons. The van der Waals surface area contributed by atoms with Crippen molar-refractivity contribution in [3.05, 3.63) is 64.5 Å². The van der Waals surface area contributed by atoms with Crippen LogP contribution in [0.3, 0.4) is 0 Å². The highest BCUT2D eigenvalue weighted by atomic mass is 19.1. The molecule has 2 rings (SSSR count). The van der Waals surface area contributed by atoms with E-state index in [9.17, 15) is 14.0 Å². The Morgan fingerprint density at radius 1 is 1.14 bits per heavy atom. The largest absolute Gasteiger partial charge is 0.319 e. The first kappa shape index (κ1) is 15.4. The molecule has 2 aromatic carbocycles. The van der Waals surface area contributed by atoms with Crippen molar-refractivity contribution in [2.75, 3.05) is 5.32 Å². The lowest BCUT2D eigenvalue weighted by molar-refractivity contribution is -0.112. The molecule has 0 aliphatic carbocycles. The van der Waals surface area contributed by atoms with E-state index in [0.717, 1.165) is 11.6 Å². The normalized spacial score (nSPS) is 9.91. The maximum Gasteiger partial charge on any atom is 0.296 e. The van der Waals surface area contributed by atoms with E-state index in [4.69, 9.17) is 5.26 Å². The summed E-state index contributed by atoms with van der Waals surface area (Å²) in [6, 6.07) is 10.5. The first-order valence-corrected chi connectivity index (χ1v) is 6.54. The molecule has 0 aliphatic heterocycles. The van der Waals surface area contributed by atoms with Crippen LogP contribution >= 0.6 is 0 Å². The fourth-order valence-electron chi connectivity index (χ4n) is 2.02. The highest BCUT2D eigenvalue weighted by Gasteiger charge is 2.17. The maximum absolute atomic E-state index is 13.2. The quantitative estimate of drug-likeness (QED) is 0.698. The molecule has 0 unspecified atom stereocenters. The summed E-state index contributed by atoms with van der Waals surface area (Å²) in [4.78, 5) is 24.0. The number of halogens is 1. The number of rotatable bonds is 3. The van der Waals surface area contributed by atoms with E-state index in [1.54, 1.807) is 19.1 Å². The standard InChI is InChI=1S/C17H13FN2O2/c1-10-5-12(9-19)8-14(6-10)20-17(22)16(21)13-3-4-15(18)11(2)7-13/h3-8H,1-2H3,(H,20,22). The van der Waals surface area contributed by atoms with E-state index >= 15 is 0 Å². The maximum atomic E-state index is 13.2. The number of hydrogen-bond acceptors (Lipinski definition) is 3. The molecule has 0 bridgehead atoms. The molecular formula is C17H13FN2O2. The Balaban J connectivity index is 2.21. The smallest absolute Gasteiger partial charge is 0.296 e. The molecule has 0 aromatic heterocycles. The van der Waals surface area contributed by atoms with Crippen molar-refractivity contribution >= 4 is 17.4 Å². The molecule has 0 radical (unpaired) electrons. The third-order valence-electron chi connectivity index (χ3n) is 3.09. The van der Waals surface area contributed by atoms with Gasteiger partial charge < -0.3 is 5.32 Å². The molecule has 1 N–H and O–H groups in total. The summed E-state index contributed by atoms with van der Waals surface area (Å²) in [7, 11) is 0. The van der Waals surface area contributed by atoms with Gasteiger partial charge in [0.2, 0.25) is 0 Å². The number of nitrogens with one attached hydrogen (secondary N) is 1. The average Bonchev–Trinajstić information content (AvgIpc) is 2.48. The molecule has 0 saturated carbocycles. The van der Waals surface area contributed by atoms with Crippen LogP contribution in [0.1, 0.15) is 27.0 Å². The summed E-state index contributed by atoms with van der Waals surface area (Å²) in [5.74, 6) is -2.03. The van der Waals surface area contributed by atoms with Crippen molar-refractivity contribution in [2.45, 2.75) is 13.8 Å². The number of Topliss-reactive ketones (excluding diaryl/α,β-unsaturated/α-hetero) is 1. The second kappa shape index (κ2) is 6.19. The highest BCUT2D eigenvalue weighted by Crippen LogP contribution is 2.15. The molecule has 4 nitrogen and oxygen atoms in total. The summed E-state index contributed by atoms with van der Waals surface area (Å²) in [6.07, 6.45) is 0. The lowest BCUT2D eigenvalue weighted by atomic mass is 10.1. The minimum atomic E-state index is -0.833. The Bertz CT molecular complexity index is 807. The highest BCUT2D eigenvalue weighted by molar-refractivity contribution is 6.46. The van der Waals surface area contributed by atoms with Crippen LogP contribution in [0.25, 0.3) is 0 Å². The molecule has 1 amide bonds. The molecule has 0 aliphatic rings. The molecule has 0 saturated heterocycles. The Morgan fingerprint density at radius 2 is 1.86 bits per heavy atom. The number of nitriles is 1. The second-order valence-electron chi connectivity index (χ2n) is 4.95. The lowest BCUT2D eigenvalue weighted by Gasteiger charge is -2.07. The number of hydrogen-bond donors (Lipinski definition) is 1. The third-order valence-corrected chi connectivity index (χ3v) is 3.09. The zero-order valence-corrected chi connectivity index (χ0v) is 12.1. The first-order valence-electron chi connectivity index (χ1n) is 6.54. The second-order valence-corrected chi connectivity index (χ2v) is 4.95. The Labute approximate surface area is 127 Å². The first-order chi connectivity index (χ1) is 10.4. The topological polar surface area (TPSA) is 70.0 Å². The van der Waals surface area contributed by atoms with Gasteiger partial charge in [-0.2, -0.15) is 5.26 Å². The molecule has 0 heterocycles. The Kier molecular flexibility index (Phi) is 4.33. The van der Waals surface area contributed by atoms with E-state index in [0.29, 0.717) is 16.8 Å². The van der Waals surface area contributed by atoms with Gasteiger partial charge in [-0.1, -0.05) is 0 Å². The van der Waals surface area contributed by atoms with Crippen molar-refractivity contribution in [1.29, 1.82) is 5.26 Å². The number of carbonyl (C=O) groups excluding carboxylic acids is 2. The van der Waals surface area contributed by atoms with Crippen molar-refractivity contribution in [3.63, 3.8) is 0 Å². The summed E-state index contributed by atoms with van der Waals surface area (Å²) < 4.78 is 13.2. The van der Waals surface area contributed by atoms with Gasteiger partial charge in [-0.15, -0.1) is 0 Å². The Morgan fingerprint density at radius 3 is 2.50 bits per heavy atom. The zero-order valence-electron chi connectivity index (χ0n) is 12.1. The van der Waals surface area contributed by atoms with Crippen LogP contribution in [0.2, 0.25) is 0 Å². The number of nitrogens with zero attached hydrogens (tertiary/aromatic N) is 1. The molecule has 22 heavy (non-hydrogen) atoms. The fraction of sp³-hybridized carbons (Fsp3) is 0.118. The van der Waals surface area contributed by atoms with Gasteiger partial charge in [0.15, 0.2) is 0 Å². The molecular weight excluding hydrogens is 283 g/mol. The van der Waals surface area contributed by atoms with Gasteiger partial charge in [0.1, 0.15) is 5.82 Å². The fourth-order valence-corrected chi connectivity index (χ4v) is 2.02. The molecule has 2 aromatic rings. The Hall–Kier alpha value is -3.00. The van der Waals surface area contributed by atoms with Crippen LogP contribution in [-0.2, 0) is 4.79 Å². The predicted octanol–water partition coefficient (Wildman–Crippen LogP) is 3.14. The van der Waals surface area contributed by atoms with Crippen molar-refractivity contribution in [3.8, 4) is 6.07 Å². The summed E-state index contributed by atoms with van der Waals surface area (Å²) in [5.41, 5.74) is 1.96. The van der Waals surface area contributed by atoms with Crippen LogP contribution < -0.4 is 5.32 Å². The summed E-state index contributed by atoms with van der Waals surface area (Å²) in [5, 5.41) is 11.4. The summed E-state index contributed by atoms with van der Waals surface area (Å²) >= 11 is 0. The SMILES string of the molecule is Cc1cc(C#N)cc(NC(=O)C(=O)c2ccc(F)c(C)c2)c1. The molecule has 0 atom stereocenters. The van der Waals surface area contributed by atoms with Gasteiger partial charge in [-0.3, -0.25) is 9.59 Å². The van der Waals surface area contributed by atoms with E-state index in [1.807, 2.05) is 6.07 Å². The van der Waals surface area contributed by atoms with E-state index in [2.05, 4.69) is 5.32 Å². The summed E-state index contributed by atoms with van der Waals surface area (Å²) in [6.45, 7) is 3.30. The van der Waals surface area contributed by atoms with Crippen molar-refractivity contribution in [2.24, 2.45) is 0 Å². The number of aryl methyl sites for hydroxylation is 2. The van der Waals surface area contributed by atoms with Gasteiger partial charge >= 0.3 is 0 Å². The van der Waals surface area contributed by atoms with Gasteiger partial charge in [0.05, 0.1) is 11.6 Å². The van der Waals surface area contributed by atoms with Crippen molar-refractivity contribution in [1.82, 2.24) is 0 Å². The third kappa shape index (κ3) is 3.36. The van der Waals surface area contributed by atoms with E-state index in [1.165, 1.54) is 25.1 Å². The van der Waals surface area contributed by atoms with Crippen LogP contribution in [-0.4, -0.2) is 11.7 Å². The number of carbonyl (C=O) groups is 2. The molecule has 5 heteroatoms. The van der Waals surface area contributed by atoms with Gasteiger partial charge in [-0.05, 0) is 61.4 Å². The predicted molar refractivity (Wildman–Crippen MR) is 80.0 cm³/mol. The average molecular weight is 296 g/mol. The zero-order chi connectivity index (χ0) is 16.3. The molecule has 0 spiro atoms. The monoisotopic (exact) mass is 296 g/mol. The van der Waals surface area contributed by atoms with Gasteiger partial charge in [0, 0.05) is 11.3 Å². The minimum Gasteiger partial charge on any atom is -0.319 e. The van der Waals surface area contributed by atoms with Gasteiger partial charge in [-0.25, -0.2) is 4.39 Å². The lowest BCUT2D eigenvalue weighted by Crippen LogP contribution is -2.23. The van der Waals surface area contributed by atoms with E-state index < -0.39 is 17.5 Å². The molecule has 0 fully saturated rings. The number of anilines is 1. The van der Waals surface area contributed by atoms with Gasteiger partial charge in [0.25, 0.3) is 11.7 Å². The minimum absolute atomic E-state index is 0.115. The number of amides is 1. The van der Waals surface area contributed by atoms with Crippen molar-refractivity contribution < 1.29 is 14.0 Å².